The summed E-state index contributed by atoms with van der Waals surface area (Å²) in [5.74, 6) is 0.0176. The molecule has 0 bridgehead atoms. The molecule has 1 aromatic carbocycles. The predicted octanol–water partition coefficient (Wildman–Crippen LogP) is 1.95. The molecule has 0 radical (unpaired) electrons. The Bertz CT molecular complexity index is 451. The van der Waals surface area contributed by atoms with Crippen molar-refractivity contribution < 1.29 is 13.2 Å². The van der Waals surface area contributed by atoms with Crippen molar-refractivity contribution in [2.75, 3.05) is 5.75 Å². The van der Waals surface area contributed by atoms with Crippen LogP contribution in [0.3, 0.4) is 0 Å². The number of aldehydes is 1. The van der Waals surface area contributed by atoms with Gasteiger partial charge in [-0.2, -0.15) is 0 Å². The van der Waals surface area contributed by atoms with E-state index in [0.29, 0.717) is 11.8 Å². The Balaban J connectivity index is 3.29. The molecule has 5 heteroatoms. The van der Waals surface area contributed by atoms with Crippen LogP contribution in [0.2, 0.25) is 5.02 Å². The van der Waals surface area contributed by atoms with Gasteiger partial charge in [-0.25, -0.2) is 8.42 Å². The van der Waals surface area contributed by atoms with Crippen LogP contribution in [-0.2, 0) is 9.84 Å². The first-order valence-corrected chi connectivity index (χ1v) is 6.01. The quantitative estimate of drug-likeness (QED) is 0.749. The number of benzene rings is 1. The average molecular weight is 233 g/mol. The van der Waals surface area contributed by atoms with Gasteiger partial charge in [0, 0.05) is 5.56 Å². The number of sulfone groups is 1. The van der Waals surface area contributed by atoms with E-state index in [2.05, 4.69) is 0 Å². The Morgan fingerprint density at radius 2 is 2.07 bits per heavy atom. The molecule has 0 aliphatic carbocycles. The highest BCUT2D eigenvalue weighted by atomic mass is 35.5. The molecule has 0 amide bonds. The molecule has 0 atom stereocenters. The van der Waals surface area contributed by atoms with Gasteiger partial charge in [-0.05, 0) is 18.2 Å². The fraction of sp³-hybridized carbons (Fsp3) is 0.222. The predicted molar refractivity (Wildman–Crippen MR) is 54.6 cm³/mol. The van der Waals surface area contributed by atoms with Gasteiger partial charge in [-0.15, -0.1) is 0 Å². The zero-order chi connectivity index (χ0) is 10.8. The van der Waals surface area contributed by atoms with Gasteiger partial charge in [0.1, 0.15) is 0 Å². The van der Waals surface area contributed by atoms with E-state index in [1.54, 1.807) is 6.92 Å². The molecule has 0 spiro atoms. The summed E-state index contributed by atoms with van der Waals surface area (Å²) in [4.78, 5) is 10.6. The van der Waals surface area contributed by atoms with Crippen LogP contribution in [0.1, 0.15) is 17.3 Å². The molecule has 1 rings (SSSR count). The minimum atomic E-state index is -3.25. The molecule has 0 saturated heterocycles. The van der Waals surface area contributed by atoms with Crippen LogP contribution < -0.4 is 0 Å². The zero-order valence-corrected chi connectivity index (χ0v) is 9.10. The Kier molecular flexibility index (Phi) is 3.29. The summed E-state index contributed by atoms with van der Waals surface area (Å²) in [5.41, 5.74) is 0.293. The third-order valence-electron chi connectivity index (χ3n) is 1.84. The highest BCUT2D eigenvalue weighted by Gasteiger charge is 2.12. The second-order valence-corrected chi connectivity index (χ2v) is 5.39. The molecule has 0 aliphatic heterocycles. The maximum atomic E-state index is 11.4. The number of rotatable bonds is 3. The van der Waals surface area contributed by atoms with Crippen LogP contribution in [0.25, 0.3) is 0 Å². The largest absolute Gasteiger partial charge is 0.298 e. The van der Waals surface area contributed by atoms with Gasteiger partial charge in [0.2, 0.25) is 0 Å². The molecule has 14 heavy (non-hydrogen) atoms. The molecule has 0 saturated carbocycles. The van der Waals surface area contributed by atoms with Crippen molar-refractivity contribution in [1.82, 2.24) is 0 Å². The topological polar surface area (TPSA) is 51.2 Å². The number of halogens is 1. The Hall–Kier alpha value is -0.870. The highest BCUT2D eigenvalue weighted by molar-refractivity contribution is 7.91. The summed E-state index contributed by atoms with van der Waals surface area (Å²) in [6.07, 6.45) is 0.588. The minimum absolute atomic E-state index is 0.0176. The maximum absolute atomic E-state index is 11.4. The Labute approximate surface area is 87.6 Å². The SMILES string of the molecule is CCS(=O)(=O)c1ccc(C=O)c(Cl)c1. The second-order valence-electron chi connectivity index (χ2n) is 2.70. The van der Waals surface area contributed by atoms with Crippen LogP contribution in [0.15, 0.2) is 23.1 Å². The van der Waals surface area contributed by atoms with Gasteiger partial charge in [0.25, 0.3) is 0 Å². The van der Waals surface area contributed by atoms with E-state index >= 15 is 0 Å². The molecular formula is C9H9ClO3S. The second kappa shape index (κ2) is 4.11. The highest BCUT2D eigenvalue weighted by Crippen LogP contribution is 2.20. The molecule has 1 aromatic rings. The molecule has 0 N–H and O–H groups in total. The lowest BCUT2D eigenvalue weighted by molar-refractivity contribution is 0.112. The van der Waals surface area contributed by atoms with E-state index in [0.717, 1.165) is 0 Å². The Morgan fingerprint density at radius 3 is 2.50 bits per heavy atom. The van der Waals surface area contributed by atoms with Crippen LogP contribution >= 0.6 is 11.6 Å². The monoisotopic (exact) mass is 232 g/mol. The third-order valence-corrected chi connectivity index (χ3v) is 3.90. The van der Waals surface area contributed by atoms with Crippen LogP contribution in [0, 0.1) is 0 Å². The molecule has 76 valence electrons. The van der Waals surface area contributed by atoms with Gasteiger partial charge in [-0.3, -0.25) is 4.79 Å². The summed E-state index contributed by atoms with van der Waals surface area (Å²) in [6, 6.07) is 4.08. The number of hydrogen-bond acceptors (Lipinski definition) is 3. The summed E-state index contributed by atoms with van der Waals surface area (Å²) < 4.78 is 22.8. The first-order valence-electron chi connectivity index (χ1n) is 3.98. The van der Waals surface area contributed by atoms with Gasteiger partial charge in [0.05, 0.1) is 15.7 Å². The molecule has 0 heterocycles. The number of carbonyl (C=O) groups excluding carboxylic acids is 1. The van der Waals surface area contributed by atoms with E-state index in [-0.39, 0.29) is 15.7 Å². The summed E-state index contributed by atoms with van der Waals surface area (Å²) >= 11 is 5.70. The number of hydrogen-bond donors (Lipinski definition) is 0. The van der Waals surface area contributed by atoms with Gasteiger partial charge in [-0.1, -0.05) is 18.5 Å². The van der Waals surface area contributed by atoms with Crippen molar-refractivity contribution in [3.63, 3.8) is 0 Å². The first-order chi connectivity index (χ1) is 6.51. The molecule has 0 aliphatic rings. The lowest BCUT2D eigenvalue weighted by Gasteiger charge is -2.02. The molecule has 0 fully saturated rings. The first kappa shape index (κ1) is 11.2. The number of carbonyl (C=O) groups is 1. The van der Waals surface area contributed by atoms with Gasteiger partial charge >= 0.3 is 0 Å². The third kappa shape index (κ3) is 2.13. The zero-order valence-electron chi connectivity index (χ0n) is 7.53. The van der Waals surface area contributed by atoms with Crippen molar-refractivity contribution in [2.45, 2.75) is 11.8 Å². The fourth-order valence-electron chi connectivity index (χ4n) is 0.964. The van der Waals surface area contributed by atoms with Crippen molar-refractivity contribution >= 4 is 27.7 Å². The summed E-state index contributed by atoms with van der Waals surface area (Å²) in [5, 5.41) is 0.162. The molecule has 3 nitrogen and oxygen atoms in total. The lowest BCUT2D eigenvalue weighted by atomic mass is 10.2. The van der Waals surface area contributed by atoms with Crippen molar-refractivity contribution in [3.05, 3.63) is 28.8 Å². The normalized spacial score (nSPS) is 11.3. The fourth-order valence-corrected chi connectivity index (χ4v) is 2.16. The van der Waals surface area contributed by atoms with E-state index < -0.39 is 9.84 Å². The van der Waals surface area contributed by atoms with E-state index in [1.807, 2.05) is 0 Å². The van der Waals surface area contributed by atoms with Crippen molar-refractivity contribution in [3.8, 4) is 0 Å². The van der Waals surface area contributed by atoms with Crippen LogP contribution in [0.5, 0.6) is 0 Å². The molecule has 0 aromatic heterocycles. The van der Waals surface area contributed by atoms with Crippen LogP contribution in [0.4, 0.5) is 0 Å². The average Bonchev–Trinajstić information content (AvgIpc) is 2.17. The molecular weight excluding hydrogens is 224 g/mol. The van der Waals surface area contributed by atoms with Crippen molar-refractivity contribution in [2.24, 2.45) is 0 Å². The summed E-state index contributed by atoms with van der Waals surface area (Å²) in [6.45, 7) is 1.55. The Morgan fingerprint density at radius 1 is 1.43 bits per heavy atom. The van der Waals surface area contributed by atoms with Gasteiger partial charge in [0.15, 0.2) is 16.1 Å². The molecule has 0 unspecified atom stereocenters. The summed E-state index contributed by atoms with van der Waals surface area (Å²) in [7, 11) is -3.25. The van der Waals surface area contributed by atoms with E-state index in [9.17, 15) is 13.2 Å². The van der Waals surface area contributed by atoms with E-state index in [4.69, 9.17) is 11.6 Å². The van der Waals surface area contributed by atoms with Gasteiger partial charge < -0.3 is 0 Å². The van der Waals surface area contributed by atoms with Crippen molar-refractivity contribution in [1.29, 1.82) is 0 Å². The standard InChI is InChI=1S/C9H9ClO3S/c1-2-14(12,13)8-4-3-7(6-11)9(10)5-8/h3-6H,2H2,1H3. The minimum Gasteiger partial charge on any atom is -0.298 e. The lowest BCUT2D eigenvalue weighted by Crippen LogP contribution is -2.03. The maximum Gasteiger partial charge on any atom is 0.178 e. The van der Waals surface area contributed by atoms with E-state index in [1.165, 1.54) is 18.2 Å². The smallest absolute Gasteiger partial charge is 0.178 e. The van der Waals surface area contributed by atoms with Crippen LogP contribution in [-0.4, -0.2) is 20.5 Å².